The summed E-state index contributed by atoms with van der Waals surface area (Å²) in [4.78, 5) is 25.1. The van der Waals surface area contributed by atoms with E-state index in [1.807, 2.05) is 43.3 Å². The number of nitrogens with one attached hydrogen (secondary N) is 2. The molecule has 2 aromatic carbocycles. The first-order chi connectivity index (χ1) is 14.1. The highest BCUT2D eigenvalue weighted by Gasteiger charge is 2.24. The lowest BCUT2D eigenvalue weighted by Crippen LogP contribution is -2.25. The SMILES string of the molecule is Cc1ccc(C(=O)NC2CC2)cc1NC(=O)c1occc1COc1ccccc1. The van der Waals surface area contributed by atoms with Crippen molar-refractivity contribution in [1.82, 2.24) is 5.32 Å². The maximum Gasteiger partial charge on any atom is 0.291 e. The predicted octanol–water partition coefficient (Wildman–Crippen LogP) is 4.31. The van der Waals surface area contributed by atoms with Gasteiger partial charge in [-0.05, 0) is 55.7 Å². The zero-order chi connectivity index (χ0) is 20.2. The molecule has 1 aromatic heterocycles. The van der Waals surface area contributed by atoms with Gasteiger partial charge in [0.2, 0.25) is 0 Å². The molecule has 0 bridgehead atoms. The average molecular weight is 390 g/mol. The van der Waals surface area contributed by atoms with Crippen molar-refractivity contribution in [2.45, 2.75) is 32.4 Å². The van der Waals surface area contributed by atoms with E-state index in [9.17, 15) is 9.59 Å². The minimum atomic E-state index is -0.385. The highest BCUT2D eigenvalue weighted by atomic mass is 16.5. The second-order valence-corrected chi connectivity index (χ2v) is 7.11. The lowest BCUT2D eigenvalue weighted by atomic mass is 10.1. The van der Waals surface area contributed by atoms with Crippen LogP contribution in [0.25, 0.3) is 0 Å². The van der Waals surface area contributed by atoms with Gasteiger partial charge in [-0.2, -0.15) is 0 Å². The molecule has 6 heteroatoms. The van der Waals surface area contributed by atoms with Crippen LogP contribution in [0.15, 0.2) is 65.3 Å². The van der Waals surface area contributed by atoms with E-state index in [0.717, 1.165) is 18.4 Å². The van der Waals surface area contributed by atoms with Crippen molar-refractivity contribution in [3.63, 3.8) is 0 Å². The third-order valence-corrected chi connectivity index (χ3v) is 4.75. The first-order valence-corrected chi connectivity index (χ1v) is 9.57. The summed E-state index contributed by atoms with van der Waals surface area (Å²) in [6.45, 7) is 2.09. The van der Waals surface area contributed by atoms with Crippen molar-refractivity contribution < 1.29 is 18.7 Å². The minimum Gasteiger partial charge on any atom is -0.489 e. The molecule has 0 saturated heterocycles. The number of ether oxygens (including phenoxy) is 1. The second kappa shape index (κ2) is 8.22. The fraction of sp³-hybridized carbons (Fsp3) is 0.217. The van der Waals surface area contributed by atoms with Crippen LogP contribution < -0.4 is 15.4 Å². The monoisotopic (exact) mass is 390 g/mol. The third-order valence-electron chi connectivity index (χ3n) is 4.75. The Kier molecular flexibility index (Phi) is 5.33. The van der Waals surface area contributed by atoms with Gasteiger partial charge in [0.15, 0.2) is 5.76 Å². The number of rotatable bonds is 7. The van der Waals surface area contributed by atoms with Crippen molar-refractivity contribution in [3.8, 4) is 5.75 Å². The normalized spacial score (nSPS) is 13.0. The van der Waals surface area contributed by atoms with Gasteiger partial charge in [-0.3, -0.25) is 9.59 Å². The molecule has 1 aliphatic rings. The molecule has 0 spiro atoms. The molecule has 0 radical (unpaired) electrons. The highest BCUT2D eigenvalue weighted by molar-refractivity contribution is 6.04. The zero-order valence-corrected chi connectivity index (χ0v) is 16.1. The van der Waals surface area contributed by atoms with Crippen LogP contribution in [-0.2, 0) is 6.61 Å². The molecule has 1 heterocycles. The van der Waals surface area contributed by atoms with E-state index in [1.165, 1.54) is 6.26 Å². The van der Waals surface area contributed by atoms with Crippen LogP contribution in [0.1, 0.15) is 44.9 Å². The van der Waals surface area contributed by atoms with Crippen molar-refractivity contribution in [2.24, 2.45) is 0 Å². The van der Waals surface area contributed by atoms with Gasteiger partial charge >= 0.3 is 0 Å². The lowest BCUT2D eigenvalue weighted by molar-refractivity contribution is 0.0949. The smallest absolute Gasteiger partial charge is 0.291 e. The summed E-state index contributed by atoms with van der Waals surface area (Å²) in [5, 5.41) is 5.80. The summed E-state index contributed by atoms with van der Waals surface area (Å²) in [7, 11) is 0. The summed E-state index contributed by atoms with van der Waals surface area (Å²) >= 11 is 0. The summed E-state index contributed by atoms with van der Waals surface area (Å²) in [6.07, 6.45) is 3.51. The van der Waals surface area contributed by atoms with Crippen LogP contribution in [0.4, 0.5) is 5.69 Å². The van der Waals surface area contributed by atoms with Gasteiger partial charge in [0.25, 0.3) is 11.8 Å². The molecule has 29 heavy (non-hydrogen) atoms. The molecule has 1 saturated carbocycles. The van der Waals surface area contributed by atoms with Gasteiger partial charge < -0.3 is 19.8 Å². The molecular weight excluding hydrogens is 368 g/mol. The van der Waals surface area contributed by atoms with E-state index in [4.69, 9.17) is 9.15 Å². The standard InChI is InChI=1S/C23H22N2O4/c1-15-7-8-16(22(26)24-18-9-10-18)13-20(15)25-23(27)21-17(11-12-28-21)14-29-19-5-3-2-4-6-19/h2-8,11-13,18H,9-10,14H2,1H3,(H,24,26)(H,25,27). The fourth-order valence-electron chi connectivity index (χ4n) is 2.90. The molecule has 2 amide bonds. The molecule has 6 nitrogen and oxygen atoms in total. The quantitative estimate of drug-likeness (QED) is 0.630. The summed E-state index contributed by atoms with van der Waals surface area (Å²) in [5.41, 5.74) is 2.59. The van der Waals surface area contributed by atoms with Crippen molar-refractivity contribution in [3.05, 3.63) is 83.3 Å². The van der Waals surface area contributed by atoms with Gasteiger partial charge in [0.1, 0.15) is 12.4 Å². The van der Waals surface area contributed by atoms with E-state index in [0.29, 0.717) is 22.6 Å². The molecule has 148 valence electrons. The Bertz CT molecular complexity index is 1020. The van der Waals surface area contributed by atoms with E-state index in [2.05, 4.69) is 10.6 Å². The first-order valence-electron chi connectivity index (χ1n) is 9.57. The molecule has 3 aromatic rings. The number of hydrogen-bond acceptors (Lipinski definition) is 4. The van der Waals surface area contributed by atoms with Gasteiger partial charge in [0.05, 0.1) is 6.26 Å². The van der Waals surface area contributed by atoms with Crippen LogP contribution >= 0.6 is 0 Å². The van der Waals surface area contributed by atoms with Crippen molar-refractivity contribution >= 4 is 17.5 Å². The molecule has 1 fully saturated rings. The summed E-state index contributed by atoms with van der Waals surface area (Å²) in [6, 6.07) is 16.6. The Labute approximate surface area is 168 Å². The molecule has 1 aliphatic carbocycles. The second-order valence-electron chi connectivity index (χ2n) is 7.11. The molecule has 0 aliphatic heterocycles. The predicted molar refractivity (Wildman–Crippen MR) is 109 cm³/mol. The summed E-state index contributed by atoms with van der Waals surface area (Å²) < 4.78 is 11.1. The Hall–Kier alpha value is -3.54. The maximum absolute atomic E-state index is 12.8. The number of furan rings is 1. The van der Waals surface area contributed by atoms with Crippen LogP contribution in [0.5, 0.6) is 5.75 Å². The largest absolute Gasteiger partial charge is 0.489 e. The number of anilines is 1. The van der Waals surface area contributed by atoms with Gasteiger partial charge in [-0.1, -0.05) is 24.3 Å². The van der Waals surface area contributed by atoms with E-state index < -0.39 is 0 Å². The van der Waals surface area contributed by atoms with Crippen LogP contribution in [0, 0.1) is 6.92 Å². The average Bonchev–Trinajstić information content (AvgIpc) is 3.41. The van der Waals surface area contributed by atoms with E-state index in [1.54, 1.807) is 18.2 Å². The van der Waals surface area contributed by atoms with Crippen molar-refractivity contribution in [1.29, 1.82) is 0 Å². The van der Waals surface area contributed by atoms with Gasteiger partial charge in [0, 0.05) is 22.9 Å². The number of benzene rings is 2. The number of para-hydroxylation sites is 1. The van der Waals surface area contributed by atoms with Gasteiger partial charge in [-0.15, -0.1) is 0 Å². The summed E-state index contributed by atoms with van der Waals surface area (Å²) in [5.74, 6) is 0.390. The molecule has 0 unspecified atom stereocenters. The Balaban J connectivity index is 1.45. The number of hydrogen-bond donors (Lipinski definition) is 2. The highest BCUT2D eigenvalue weighted by Crippen LogP contribution is 2.23. The molecule has 2 N–H and O–H groups in total. The van der Waals surface area contributed by atoms with Crippen molar-refractivity contribution in [2.75, 3.05) is 5.32 Å². The first kappa shape index (κ1) is 18.8. The number of carbonyl (C=O) groups excluding carboxylic acids is 2. The zero-order valence-electron chi connectivity index (χ0n) is 16.1. The van der Waals surface area contributed by atoms with E-state index in [-0.39, 0.29) is 30.2 Å². The topological polar surface area (TPSA) is 80.6 Å². The molecule has 0 atom stereocenters. The minimum absolute atomic E-state index is 0.127. The third kappa shape index (κ3) is 4.66. The Morgan fingerprint density at radius 2 is 1.86 bits per heavy atom. The van der Waals surface area contributed by atoms with Crippen LogP contribution in [-0.4, -0.2) is 17.9 Å². The number of amides is 2. The van der Waals surface area contributed by atoms with Gasteiger partial charge in [-0.25, -0.2) is 0 Å². The Morgan fingerprint density at radius 3 is 2.62 bits per heavy atom. The number of carbonyl (C=O) groups is 2. The Morgan fingerprint density at radius 1 is 1.07 bits per heavy atom. The van der Waals surface area contributed by atoms with Crippen LogP contribution in [0.2, 0.25) is 0 Å². The molecule has 4 rings (SSSR count). The lowest BCUT2D eigenvalue weighted by Gasteiger charge is -2.11. The fourth-order valence-corrected chi connectivity index (χ4v) is 2.90. The number of aryl methyl sites for hydroxylation is 1. The maximum atomic E-state index is 12.8. The molecular formula is C23H22N2O4. The van der Waals surface area contributed by atoms with Crippen LogP contribution in [0.3, 0.4) is 0 Å². The van der Waals surface area contributed by atoms with E-state index >= 15 is 0 Å².